The molecule has 0 radical (unpaired) electrons. The predicted octanol–water partition coefficient (Wildman–Crippen LogP) is 4.19. The van der Waals surface area contributed by atoms with Gasteiger partial charge in [0.2, 0.25) is 0 Å². The minimum atomic E-state index is 0.339. The van der Waals surface area contributed by atoms with Gasteiger partial charge in [0, 0.05) is 35.1 Å². The SMILES string of the molecule is CCNC(Cc1cccs1)c1cccc2ccncc12. The van der Waals surface area contributed by atoms with Crippen LogP contribution in [0.2, 0.25) is 0 Å². The summed E-state index contributed by atoms with van der Waals surface area (Å²) in [5.74, 6) is 0. The van der Waals surface area contributed by atoms with E-state index < -0.39 is 0 Å². The number of fused-ring (bicyclic) bond motifs is 1. The van der Waals surface area contributed by atoms with Gasteiger partial charge >= 0.3 is 0 Å². The summed E-state index contributed by atoms with van der Waals surface area (Å²) in [6, 6.07) is 13.2. The molecule has 2 nitrogen and oxygen atoms in total. The van der Waals surface area contributed by atoms with E-state index in [2.05, 4.69) is 59.0 Å². The van der Waals surface area contributed by atoms with Crippen LogP contribution in [0.1, 0.15) is 23.4 Å². The lowest BCUT2D eigenvalue weighted by atomic mass is 9.97. The molecule has 2 heterocycles. The molecule has 0 spiro atoms. The van der Waals surface area contributed by atoms with E-state index in [1.54, 1.807) is 0 Å². The smallest absolute Gasteiger partial charge is 0.0375 e. The van der Waals surface area contributed by atoms with Gasteiger partial charge in [-0.3, -0.25) is 4.98 Å². The minimum absolute atomic E-state index is 0.339. The molecule has 1 unspecified atom stereocenters. The molecule has 0 aliphatic rings. The van der Waals surface area contributed by atoms with Crippen LogP contribution in [0.4, 0.5) is 0 Å². The van der Waals surface area contributed by atoms with Crippen LogP contribution in [0.25, 0.3) is 10.8 Å². The molecule has 102 valence electrons. The van der Waals surface area contributed by atoms with Crippen molar-refractivity contribution < 1.29 is 0 Å². The number of pyridine rings is 1. The third-order valence-electron chi connectivity index (χ3n) is 3.53. The molecule has 0 aliphatic carbocycles. The molecule has 0 bridgehead atoms. The molecule has 2 aromatic heterocycles. The van der Waals surface area contributed by atoms with Gasteiger partial charge in [0.1, 0.15) is 0 Å². The molecule has 0 amide bonds. The minimum Gasteiger partial charge on any atom is -0.310 e. The molecular formula is C17H18N2S. The van der Waals surface area contributed by atoms with Gasteiger partial charge in [0.25, 0.3) is 0 Å². The van der Waals surface area contributed by atoms with Crippen LogP contribution in [0, 0.1) is 0 Å². The monoisotopic (exact) mass is 282 g/mol. The van der Waals surface area contributed by atoms with Gasteiger partial charge in [-0.05, 0) is 35.0 Å². The van der Waals surface area contributed by atoms with E-state index in [1.165, 1.54) is 21.2 Å². The summed E-state index contributed by atoms with van der Waals surface area (Å²) >= 11 is 1.82. The van der Waals surface area contributed by atoms with E-state index >= 15 is 0 Å². The summed E-state index contributed by atoms with van der Waals surface area (Å²) in [4.78, 5) is 5.70. The van der Waals surface area contributed by atoms with Gasteiger partial charge < -0.3 is 5.32 Å². The first-order valence-corrected chi connectivity index (χ1v) is 7.85. The number of nitrogens with one attached hydrogen (secondary N) is 1. The Morgan fingerprint density at radius 3 is 2.95 bits per heavy atom. The van der Waals surface area contributed by atoms with Crippen LogP contribution in [-0.4, -0.2) is 11.5 Å². The van der Waals surface area contributed by atoms with Gasteiger partial charge in [-0.1, -0.05) is 31.2 Å². The zero-order valence-corrected chi connectivity index (χ0v) is 12.4. The molecule has 1 N–H and O–H groups in total. The molecule has 0 saturated carbocycles. The first-order valence-electron chi connectivity index (χ1n) is 6.97. The summed E-state index contributed by atoms with van der Waals surface area (Å²) in [6.07, 6.45) is 4.86. The number of hydrogen-bond donors (Lipinski definition) is 1. The third-order valence-corrected chi connectivity index (χ3v) is 4.43. The summed E-state index contributed by atoms with van der Waals surface area (Å²) in [5, 5.41) is 8.25. The first kappa shape index (κ1) is 13.3. The zero-order chi connectivity index (χ0) is 13.8. The summed E-state index contributed by atoms with van der Waals surface area (Å²) in [6.45, 7) is 3.12. The summed E-state index contributed by atoms with van der Waals surface area (Å²) in [7, 11) is 0. The maximum absolute atomic E-state index is 4.29. The molecule has 3 heteroatoms. The van der Waals surface area contributed by atoms with Crippen LogP contribution in [0.15, 0.2) is 54.2 Å². The van der Waals surface area contributed by atoms with Crippen LogP contribution in [-0.2, 0) is 6.42 Å². The van der Waals surface area contributed by atoms with Crippen LogP contribution < -0.4 is 5.32 Å². The molecule has 3 rings (SSSR count). The number of nitrogens with zero attached hydrogens (tertiary/aromatic N) is 1. The van der Waals surface area contributed by atoms with Crippen molar-refractivity contribution in [2.75, 3.05) is 6.54 Å². The molecule has 1 atom stereocenters. The zero-order valence-electron chi connectivity index (χ0n) is 11.5. The Morgan fingerprint density at radius 2 is 2.15 bits per heavy atom. The van der Waals surface area contributed by atoms with E-state index in [-0.39, 0.29) is 0 Å². The number of rotatable bonds is 5. The number of likely N-dealkylation sites (N-methyl/N-ethyl adjacent to an activating group) is 1. The van der Waals surface area contributed by atoms with Gasteiger partial charge in [0.05, 0.1) is 0 Å². The second-order valence-corrected chi connectivity index (χ2v) is 5.87. The Balaban J connectivity index is 2.00. The second kappa shape index (κ2) is 6.16. The Hall–Kier alpha value is -1.71. The Morgan fingerprint density at radius 1 is 1.20 bits per heavy atom. The van der Waals surface area contributed by atoms with Gasteiger partial charge in [0.15, 0.2) is 0 Å². The topological polar surface area (TPSA) is 24.9 Å². The highest BCUT2D eigenvalue weighted by Gasteiger charge is 2.14. The average molecular weight is 282 g/mol. The van der Waals surface area contributed by atoms with Crippen molar-refractivity contribution in [3.05, 3.63) is 64.6 Å². The molecule has 20 heavy (non-hydrogen) atoms. The lowest BCUT2D eigenvalue weighted by molar-refractivity contribution is 0.557. The second-order valence-electron chi connectivity index (χ2n) is 4.84. The maximum Gasteiger partial charge on any atom is 0.0375 e. The van der Waals surface area contributed by atoms with Crippen molar-refractivity contribution in [1.82, 2.24) is 10.3 Å². The van der Waals surface area contributed by atoms with E-state index in [4.69, 9.17) is 0 Å². The van der Waals surface area contributed by atoms with E-state index in [0.717, 1.165) is 13.0 Å². The lowest BCUT2D eigenvalue weighted by Crippen LogP contribution is -2.22. The molecule has 0 aliphatic heterocycles. The maximum atomic E-state index is 4.29. The number of aromatic nitrogens is 1. The van der Waals surface area contributed by atoms with E-state index in [0.29, 0.717) is 6.04 Å². The quantitative estimate of drug-likeness (QED) is 0.759. The van der Waals surface area contributed by atoms with Crippen LogP contribution in [0.3, 0.4) is 0 Å². The van der Waals surface area contributed by atoms with Crippen molar-refractivity contribution in [3.63, 3.8) is 0 Å². The molecule has 0 fully saturated rings. The van der Waals surface area contributed by atoms with Crippen molar-refractivity contribution >= 4 is 22.1 Å². The van der Waals surface area contributed by atoms with E-state index in [1.807, 2.05) is 23.7 Å². The van der Waals surface area contributed by atoms with Crippen molar-refractivity contribution in [1.29, 1.82) is 0 Å². The number of hydrogen-bond acceptors (Lipinski definition) is 3. The van der Waals surface area contributed by atoms with Crippen molar-refractivity contribution in [3.8, 4) is 0 Å². The van der Waals surface area contributed by atoms with Crippen LogP contribution >= 0.6 is 11.3 Å². The Bertz CT molecular complexity index is 671. The normalized spacial score (nSPS) is 12.7. The lowest BCUT2D eigenvalue weighted by Gasteiger charge is -2.19. The number of benzene rings is 1. The van der Waals surface area contributed by atoms with Crippen molar-refractivity contribution in [2.45, 2.75) is 19.4 Å². The fourth-order valence-corrected chi connectivity index (χ4v) is 3.36. The van der Waals surface area contributed by atoms with Crippen molar-refractivity contribution in [2.24, 2.45) is 0 Å². The Labute approximate surface area is 123 Å². The highest BCUT2D eigenvalue weighted by molar-refractivity contribution is 7.09. The fraction of sp³-hybridized carbons (Fsp3) is 0.235. The first-order chi connectivity index (χ1) is 9.88. The highest BCUT2D eigenvalue weighted by atomic mass is 32.1. The molecule has 3 aromatic rings. The average Bonchev–Trinajstić information content (AvgIpc) is 2.99. The van der Waals surface area contributed by atoms with E-state index in [9.17, 15) is 0 Å². The summed E-state index contributed by atoms with van der Waals surface area (Å²) < 4.78 is 0. The fourth-order valence-electron chi connectivity index (χ4n) is 2.61. The van der Waals surface area contributed by atoms with Crippen LogP contribution in [0.5, 0.6) is 0 Å². The predicted molar refractivity (Wildman–Crippen MR) is 86.2 cm³/mol. The summed E-state index contributed by atoms with van der Waals surface area (Å²) in [5.41, 5.74) is 1.34. The van der Waals surface area contributed by atoms with Gasteiger partial charge in [-0.25, -0.2) is 0 Å². The largest absolute Gasteiger partial charge is 0.310 e. The number of thiophene rings is 1. The Kier molecular flexibility index (Phi) is 4.09. The van der Waals surface area contributed by atoms with Gasteiger partial charge in [-0.15, -0.1) is 11.3 Å². The molecule has 1 aromatic carbocycles. The highest BCUT2D eigenvalue weighted by Crippen LogP contribution is 2.27. The molecule has 0 saturated heterocycles. The third kappa shape index (κ3) is 2.74. The van der Waals surface area contributed by atoms with Gasteiger partial charge in [-0.2, -0.15) is 0 Å². The molecular weight excluding hydrogens is 264 g/mol. The standard InChI is InChI=1S/C17H18N2S/c1-2-19-17(11-14-6-4-10-20-14)15-7-3-5-13-8-9-18-12-16(13)15/h3-10,12,17,19H,2,11H2,1H3.